The van der Waals surface area contributed by atoms with E-state index in [9.17, 15) is 9.59 Å². The predicted octanol–water partition coefficient (Wildman–Crippen LogP) is 4.83. The van der Waals surface area contributed by atoms with E-state index in [1.165, 1.54) is 28.0 Å². The highest BCUT2D eigenvalue weighted by molar-refractivity contribution is 8.26. The van der Waals surface area contributed by atoms with Crippen LogP contribution < -0.4 is 5.32 Å². The Labute approximate surface area is 181 Å². The van der Waals surface area contributed by atoms with Crippen LogP contribution in [0.15, 0.2) is 53.4 Å². The van der Waals surface area contributed by atoms with Crippen LogP contribution in [0.2, 0.25) is 0 Å². The maximum absolute atomic E-state index is 12.7. The number of thioether (sulfide) groups is 1. The summed E-state index contributed by atoms with van der Waals surface area (Å²) in [5.41, 5.74) is 2.96. The van der Waals surface area contributed by atoms with Crippen molar-refractivity contribution >= 4 is 72.9 Å². The van der Waals surface area contributed by atoms with Gasteiger partial charge in [0.05, 0.1) is 15.1 Å². The molecule has 0 bridgehead atoms. The lowest BCUT2D eigenvalue weighted by atomic mass is 10.1. The highest BCUT2D eigenvalue weighted by Crippen LogP contribution is 2.32. The van der Waals surface area contributed by atoms with Gasteiger partial charge in [-0.3, -0.25) is 14.5 Å². The molecule has 1 fully saturated rings. The zero-order valence-electron chi connectivity index (χ0n) is 15.5. The molecule has 2 heterocycles. The summed E-state index contributed by atoms with van der Waals surface area (Å²) in [5, 5.41) is 3.36. The SMILES string of the molecule is Cc1ccc(/C=C2/SC(=S)N(CCC(=O)Nc3nc4ccccc4s3)C2=O)cc1. The standard InChI is InChI=1S/C21H17N3O2S3/c1-13-6-8-14(9-7-13)12-17-19(26)24(21(27)29-17)11-10-18(25)23-20-22-15-4-2-3-5-16(15)28-20/h2-9,12H,10-11H2,1H3,(H,22,23,25)/b17-12+. The lowest BCUT2D eigenvalue weighted by molar-refractivity contribution is -0.122. The maximum atomic E-state index is 12.7. The molecule has 146 valence electrons. The monoisotopic (exact) mass is 439 g/mol. The fourth-order valence-electron chi connectivity index (χ4n) is 2.83. The highest BCUT2D eigenvalue weighted by Gasteiger charge is 2.32. The second kappa shape index (κ2) is 8.44. The van der Waals surface area contributed by atoms with Gasteiger partial charge >= 0.3 is 0 Å². The van der Waals surface area contributed by atoms with Crippen molar-refractivity contribution in [3.05, 3.63) is 64.6 Å². The molecule has 0 radical (unpaired) electrons. The number of aromatic nitrogens is 1. The van der Waals surface area contributed by atoms with Crippen molar-refractivity contribution in [2.24, 2.45) is 0 Å². The summed E-state index contributed by atoms with van der Waals surface area (Å²) in [4.78, 5) is 31.5. The molecule has 3 aromatic rings. The number of nitrogens with zero attached hydrogens (tertiary/aromatic N) is 2. The second-order valence-corrected chi connectivity index (χ2v) is 9.24. The van der Waals surface area contributed by atoms with E-state index in [0.717, 1.165) is 21.3 Å². The van der Waals surface area contributed by atoms with Gasteiger partial charge in [0.1, 0.15) is 4.32 Å². The molecule has 0 unspecified atom stereocenters. The van der Waals surface area contributed by atoms with Crippen molar-refractivity contribution in [3.8, 4) is 0 Å². The van der Waals surface area contributed by atoms with Gasteiger partial charge < -0.3 is 5.32 Å². The number of para-hydroxylation sites is 1. The summed E-state index contributed by atoms with van der Waals surface area (Å²) in [7, 11) is 0. The van der Waals surface area contributed by atoms with Gasteiger partial charge in [0.25, 0.3) is 5.91 Å². The second-order valence-electron chi connectivity index (χ2n) is 6.53. The molecule has 1 saturated heterocycles. The van der Waals surface area contributed by atoms with Crippen molar-refractivity contribution in [1.82, 2.24) is 9.88 Å². The Morgan fingerprint density at radius 1 is 1.21 bits per heavy atom. The van der Waals surface area contributed by atoms with Crippen molar-refractivity contribution in [2.75, 3.05) is 11.9 Å². The number of hydrogen-bond donors (Lipinski definition) is 1. The van der Waals surface area contributed by atoms with E-state index < -0.39 is 0 Å². The van der Waals surface area contributed by atoms with Crippen molar-refractivity contribution < 1.29 is 9.59 Å². The molecule has 5 nitrogen and oxygen atoms in total. The molecule has 0 spiro atoms. The molecule has 1 aromatic heterocycles. The van der Waals surface area contributed by atoms with E-state index in [-0.39, 0.29) is 24.8 Å². The molecule has 8 heteroatoms. The van der Waals surface area contributed by atoms with E-state index in [1.54, 1.807) is 0 Å². The number of thiocarbonyl (C=S) groups is 1. The van der Waals surface area contributed by atoms with Crippen LogP contribution in [0.3, 0.4) is 0 Å². The zero-order valence-corrected chi connectivity index (χ0v) is 18.0. The predicted molar refractivity (Wildman–Crippen MR) is 124 cm³/mol. The molecule has 0 aliphatic carbocycles. The number of carbonyl (C=O) groups is 2. The Morgan fingerprint density at radius 2 is 1.97 bits per heavy atom. The summed E-state index contributed by atoms with van der Waals surface area (Å²) in [6, 6.07) is 15.6. The molecule has 1 aliphatic rings. The van der Waals surface area contributed by atoms with Crippen molar-refractivity contribution in [2.45, 2.75) is 13.3 Å². The van der Waals surface area contributed by atoms with Gasteiger partial charge in [-0.2, -0.15) is 0 Å². The van der Waals surface area contributed by atoms with Crippen molar-refractivity contribution in [1.29, 1.82) is 0 Å². The molecule has 4 rings (SSSR count). The molecule has 29 heavy (non-hydrogen) atoms. The normalized spacial score (nSPS) is 15.5. The molecule has 0 saturated carbocycles. The number of hydrogen-bond acceptors (Lipinski definition) is 6. The Bertz CT molecular complexity index is 1100. The van der Waals surface area contributed by atoms with Crippen LogP contribution in [0.5, 0.6) is 0 Å². The minimum Gasteiger partial charge on any atom is -0.302 e. The fraction of sp³-hybridized carbons (Fsp3) is 0.143. The maximum Gasteiger partial charge on any atom is 0.266 e. The van der Waals surface area contributed by atoms with Crippen molar-refractivity contribution in [3.63, 3.8) is 0 Å². The molecule has 1 N–H and O–H groups in total. The number of rotatable bonds is 5. The van der Waals surface area contributed by atoms with Crippen LogP contribution in [0.4, 0.5) is 5.13 Å². The van der Waals surface area contributed by atoms with Crippen LogP contribution in [0.25, 0.3) is 16.3 Å². The Morgan fingerprint density at radius 3 is 2.72 bits per heavy atom. The third kappa shape index (κ3) is 4.55. The number of benzene rings is 2. The van der Waals surface area contributed by atoms with E-state index in [4.69, 9.17) is 12.2 Å². The van der Waals surface area contributed by atoms with Gasteiger partial charge in [-0.1, -0.05) is 77.3 Å². The number of carbonyl (C=O) groups excluding carboxylic acids is 2. The number of thiazole rings is 1. The molecular formula is C21H17N3O2S3. The molecule has 2 aromatic carbocycles. The molecule has 2 amide bonds. The quantitative estimate of drug-likeness (QED) is 0.456. The Kier molecular flexibility index (Phi) is 5.75. The van der Waals surface area contributed by atoms with Crippen LogP contribution in [0, 0.1) is 6.92 Å². The smallest absolute Gasteiger partial charge is 0.266 e. The summed E-state index contributed by atoms with van der Waals surface area (Å²) in [6.07, 6.45) is 1.99. The summed E-state index contributed by atoms with van der Waals surface area (Å²) < 4.78 is 1.49. The van der Waals surface area contributed by atoms with E-state index in [2.05, 4.69) is 10.3 Å². The topological polar surface area (TPSA) is 62.3 Å². The first-order chi connectivity index (χ1) is 14.0. The van der Waals surface area contributed by atoms with Gasteiger partial charge in [-0.05, 0) is 30.7 Å². The summed E-state index contributed by atoms with van der Waals surface area (Å²) in [6.45, 7) is 2.26. The first-order valence-corrected chi connectivity index (χ1v) is 11.0. The van der Waals surface area contributed by atoms with Gasteiger partial charge in [0, 0.05) is 13.0 Å². The molecular weight excluding hydrogens is 422 g/mol. The summed E-state index contributed by atoms with van der Waals surface area (Å²) in [5.74, 6) is -0.353. The van der Waals surface area contributed by atoms with Gasteiger partial charge in [-0.15, -0.1) is 0 Å². The lowest BCUT2D eigenvalue weighted by Crippen LogP contribution is -2.31. The minimum atomic E-state index is -0.194. The molecule has 0 atom stereocenters. The largest absolute Gasteiger partial charge is 0.302 e. The average molecular weight is 440 g/mol. The Hall–Kier alpha value is -2.55. The highest BCUT2D eigenvalue weighted by atomic mass is 32.2. The average Bonchev–Trinajstić information content (AvgIpc) is 3.22. The summed E-state index contributed by atoms with van der Waals surface area (Å²) >= 11 is 8.03. The van der Waals surface area contributed by atoms with E-state index >= 15 is 0 Å². The van der Waals surface area contributed by atoms with E-state index in [0.29, 0.717) is 14.4 Å². The first kappa shape index (κ1) is 19.8. The minimum absolute atomic E-state index is 0.153. The first-order valence-electron chi connectivity index (χ1n) is 8.97. The number of nitrogens with one attached hydrogen (secondary N) is 1. The number of aryl methyl sites for hydroxylation is 1. The third-order valence-corrected chi connectivity index (χ3v) is 6.68. The van der Waals surface area contributed by atoms with Crippen LogP contribution in [-0.2, 0) is 9.59 Å². The van der Waals surface area contributed by atoms with Gasteiger partial charge in [-0.25, -0.2) is 4.98 Å². The number of amides is 2. The van der Waals surface area contributed by atoms with Crippen LogP contribution in [0.1, 0.15) is 17.5 Å². The molecule has 1 aliphatic heterocycles. The van der Waals surface area contributed by atoms with Crippen LogP contribution in [-0.4, -0.2) is 32.6 Å². The fourth-order valence-corrected chi connectivity index (χ4v) is 5.02. The number of fused-ring (bicyclic) bond motifs is 1. The van der Waals surface area contributed by atoms with Gasteiger partial charge in [0.15, 0.2) is 5.13 Å². The number of anilines is 1. The Balaban J connectivity index is 1.37. The van der Waals surface area contributed by atoms with Gasteiger partial charge in [0.2, 0.25) is 5.91 Å². The lowest BCUT2D eigenvalue weighted by Gasteiger charge is -2.13. The van der Waals surface area contributed by atoms with Crippen LogP contribution >= 0.6 is 35.3 Å². The van der Waals surface area contributed by atoms with E-state index in [1.807, 2.05) is 61.5 Å². The third-order valence-electron chi connectivity index (χ3n) is 4.35. The zero-order chi connectivity index (χ0) is 20.4.